The van der Waals surface area contributed by atoms with Crippen molar-refractivity contribution in [3.63, 3.8) is 0 Å². The third-order valence-corrected chi connectivity index (χ3v) is 4.74. The number of nitrogens with zero attached hydrogens (tertiary/aromatic N) is 4. The van der Waals surface area contributed by atoms with Gasteiger partial charge in [0.25, 0.3) is 0 Å². The first kappa shape index (κ1) is 23.6. The second-order valence-corrected chi connectivity index (χ2v) is 7.09. The molecule has 8 nitrogen and oxygen atoms in total. The van der Waals surface area contributed by atoms with Gasteiger partial charge in [-0.1, -0.05) is 29.8 Å². The van der Waals surface area contributed by atoms with Crippen LogP contribution >= 0.6 is 24.0 Å². The van der Waals surface area contributed by atoms with E-state index < -0.39 is 6.10 Å². The average Bonchev–Trinajstić information content (AvgIpc) is 3.08. The van der Waals surface area contributed by atoms with Gasteiger partial charge in [0.05, 0.1) is 19.2 Å². The van der Waals surface area contributed by atoms with Gasteiger partial charge in [-0.2, -0.15) is 5.10 Å². The Hall–Kier alpha value is -1.72. The monoisotopic (exact) mass is 514 g/mol. The first-order valence-corrected chi connectivity index (χ1v) is 9.80. The number of aliphatic hydroxyl groups is 1. The fourth-order valence-corrected chi connectivity index (χ4v) is 3.25. The zero-order valence-electron chi connectivity index (χ0n) is 17.3. The maximum absolute atomic E-state index is 10.4. The van der Waals surface area contributed by atoms with Gasteiger partial charge in [0, 0.05) is 26.1 Å². The number of fused-ring (bicyclic) bond motifs is 1. The van der Waals surface area contributed by atoms with Crippen molar-refractivity contribution in [3.8, 4) is 0 Å². The standard InChI is InChI=1S/C20H30N6O2.HI/c1-4-21-20(22-11-17(27)15-7-5-14(2)6-8-15)23-16-9-10-19-24-18(13-28-3)25-26(19)12-16;/h5-8,16-17,27H,4,9-13H2,1-3H3,(H2,21,22,23);1H. The summed E-state index contributed by atoms with van der Waals surface area (Å²) in [6.07, 6.45) is 1.19. The van der Waals surface area contributed by atoms with Crippen molar-refractivity contribution in [2.24, 2.45) is 4.99 Å². The zero-order chi connectivity index (χ0) is 19.9. The number of ether oxygens (including phenoxy) is 1. The third-order valence-electron chi connectivity index (χ3n) is 4.74. The van der Waals surface area contributed by atoms with Gasteiger partial charge >= 0.3 is 0 Å². The topological polar surface area (TPSA) is 96.6 Å². The number of nitrogens with one attached hydrogen (secondary N) is 2. The van der Waals surface area contributed by atoms with Crippen LogP contribution in [0, 0.1) is 6.92 Å². The smallest absolute Gasteiger partial charge is 0.191 e. The number of benzene rings is 1. The van der Waals surface area contributed by atoms with Gasteiger partial charge in [-0.15, -0.1) is 24.0 Å². The van der Waals surface area contributed by atoms with Crippen molar-refractivity contribution in [2.45, 2.75) is 52.0 Å². The Morgan fingerprint density at radius 3 is 2.83 bits per heavy atom. The Kier molecular flexibility index (Phi) is 9.31. The number of aliphatic hydroxyl groups excluding tert-OH is 1. The molecule has 0 aliphatic carbocycles. The van der Waals surface area contributed by atoms with Crippen LogP contribution in [0.5, 0.6) is 0 Å². The highest BCUT2D eigenvalue weighted by Crippen LogP contribution is 2.15. The molecule has 9 heteroatoms. The minimum Gasteiger partial charge on any atom is -0.386 e. The second-order valence-electron chi connectivity index (χ2n) is 7.09. The summed E-state index contributed by atoms with van der Waals surface area (Å²) in [6, 6.07) is 8.10. The van der Waals surface area contributed by atoms with Crippen LogP contribution in [0.15, 0.2) is 29.3 Å². The summed E-state index contributed by atoms with van der Waals surface area (Å²) in [6.45, 7) is 6.28. The van der Waals surface area contributed by atoms with Gasteiger partial charge in [-0.25, -0.2) is 9.67 Å². The number of halogens is 1. The summed E-state index contributed by atoms with van der Waals surface area (Å²) in [5.41, 5.74) is 2.05. The number of aryl methyl sites for hydroxylation is 2. The molecule has 160 valence electrons. The Balaban J connectivity index is 0.00000300. The van der Waals surface area contributed by atoms with Crippen molar-refractivity contribution >= 4 is 29.9 Å². The molecule has 2 aromatic rings. The van der Waals surface area contributed by atoms with Crippen molar-refractivity contribution in [3.05, 3.63) is 47.0 Å². The summed E-state index contributed by atoms with van der Waals surface area (Å²) >= 11 is 0. The van der Waals surface area contributed by atoms with Crippen molar-refractivity contribution in [1.82, 2.24) is 25.4 Å². The predicted octanol–water partition coefficient (Wildman–Crippen LogP) is 1.95. The third kappa shape index (κ3) is 6.65. The maximum atomic E-state index is 10.4. The molecule has 2 unspecified atom stereocenters. The molecule has 2 heterocycles. The van der Waals surface area contributed by atoms with Crippen molar-refractivity contribution < 1.29 is 9.84 Å². The quantitative estimate of drug-likeness (QED) is 0.297. The molecule has 3 N–H and O–H groups in total. The zero-order valence-corrected chi connectivity index (χ0v) is 19.6. The molecule has 29 heavy (non-hydrogen) atoms. The van der Waals surface area contributed by atoms with Gasteiger partial charge in [0.2, 0.25) is 0 Å². The van der Waals surface area contributed by atoms with Gasteiger partial charge in [0.15, 0.2) is 11.8 Å². The lowest BCUT2D eigenvalue weighted by molar-refractivity contribution is 0.177. The highest BCUT2D eigenvalue weighted by Gasteiger charge is 2.22. The fourth-order valence-electron chi connectivity index (χ4n) is 3.25. The largest absolute Gasteiger partial charge is 0.386 e. The molecular weight excluding hydrogens is 483 g/mol. The first-order valence-electron chi connectivity index (χ1n) is 9.80. The number of methoxy groups -OCH3 is 1. The number of aliphatic imine (C=N–C) groups is 1. The minimum atomic E-state index is -0.624. The lowest BCUT2D eigenvalue weighted by Gasteiger charge is -2.25. The highest BCUT2D eigenvalue weighted by molar-refractivity contribution is 14.0. The number of aromatic nitrogens is 3. The molecule has 1 aliphatic heterocycles. The number of rotatable bonds is 7. The van der Waals surface area contributed by atoms with Crippen LogP contribution in [0.25, 0.3) is 0 Å². The van der Waals surface area contributed by atoms with Crippen LogP contribution in [0.3, 0.4) is 0 Å². The van der Waals surface area contributed by atoms with Gasteiger partial charge < -0.3 is 20.5 Å². The minimum absolute atomic E-state index is 0. The van der Waals surface area contributed by atoms with E-state index in [0.717, 1.165) is 43.1 Å². The molecule has 0 bridgehead atoms. The van der Waals surface area contributed by atoms with Crippen LogP contribution in [0.4, 0.5) is 0 Å². The molecule has 2 atom stereocenters. The van der Waals surface area contributed by atoms with E-state index in [1.165, 1.54) is 5.56 Å². The number of hydrogen-bond acceptors (Lipinski definition) is 5. The van der Waals surface area contributed by atoms with Crippen molar-refractivity contribution in [1.29, 1.82) is 0 Å². The first-order chi connectivity index (χ1) is 13.6. The Bertz CT molecular complexity index is 793. The molecule has 0 radical (unpaired) electrons. The number of guanidine groups is 1. The molecule has 0 spiro atoms. The molecule has 0 saturated heterocycles. The van der Waals surface area contributed by atoms with E-state index in [4.69, 9.17) is 4.74 Å². The van der Waals surface area contributed by atoms with Gasteiger partial charge in [-0.3, -0.25) is 4.99 Å². The highest BCUT2D eigenvalue weighted by atomic mass is 127. The summed E-state index contributed by atoms with van der Waals surface area (Å²) in [5, 5.41) is 21.6. The van der Waals surface area contributed by atoms with Gasteiger partial charge in [0.1, 0.15) is 12.4 Å². The maximum Gasteiger partial charge on any atom is 0.191 e. The number of hydrogen-bond donors (Lipinski definition) is 3. The van der Waals surface area contributed by atoms with Crippen LogP contribution in [0.1, 0.15) is 42.2 Å². The molecule has 0 saturated carbocycles. The van der Waals surface area contributed by atoms with E-state index in [1.54, 1.807) is 7.11 Å². The summed E-state index contributed by atoms with van der Waals surface area (Å²) < 4.78 is 7.06. The van der Waals surface area contributed by atoms with E-state index >= 15 is 0 Å². The fraction of sp³-hybridized carbons (Fsp3) is 0.550. The van der Waals surface area contributed by atoms with Crippen LogP contribution in [0.2, 0.25) is 0 Å². The predicted molar refractivity (Wildman–Crippen MR) is 124 cm³/mol. The summed E-state index contributed by atoms with van der Waals surface area (Å²) in [7, 11) is 1.65. The SMILES string of the molecule is CCNC(=NCC(O)c1ccc(C)cc1)NC1CCc2nc(COC)nn2C1.I. The normalized spacial score (nSPS) is 17.2. The molecular formula is C20H31IN6O2. The molecule has 1 aliphatic rings. The van der Waals surface area contributed by atoms with E-state index in [-0.39, 0.29) is 30.0 Å². The van der Waals surface area contributed by atoms with E-state index in [2.05, 4.69) is 25.7 Å². The second kappa shape index (κ2) is 11.5. The molecule has 1 aromatic heterocycles. The van der Waals surface area contributed by atoms with Crippen molar-refractivity contribution in [2.75, 3.05) is 20.2 Å². The molecule has 0 fully saturated rings. The van der Waals surface area contributed by atoms with Crippen LogP contribution < -0.4 is 10.6 Å². The molecule has 0 amide bonds. The average molecular weight is 514 g/mol. The van der Waals surface area contributed by atoms with Gasteiger partial charge in [-0.05, 0) is 25.8 Å². The van der Waals surface area contributed by atoms with E-state index in [0.29, 0.717) is 19.1 Å². The van der Waals surface area contributed by atoms with E-state index in [9.17, 15) is 5.11 Å². The Labute approximate surface area is 189 Å². The molecule has 3 rings (SSSR count). The Morgan fingerprint density at radius 1 is 1.38 bits per heavy atom. The van der Waals surface area contributed by atoms with Crippen LogP contribution in [-0.4, -0.2) is 52.1 Å². The van der Waals surface area contributed by atoms with E-state index in [1.807, 2.05) is 42.8 Å². The summed E-state index contributed by atoms with van der Waals surface area (Å²) in [4.78, 5) is 9.09. The lowest BCUT2D eigenvalue weighted by Crippen LogP contribution is -2.47. The lowest BCUT2D eigenvalue weighted by atomic mass is 10.1. The molecule has 1 aromatic carbocycles. The van der Waals surface area contributed by atoms with Crippen LogP contribution in [-0.2, 0) is 24.3 Å². The summed E-state index contributed by atoms with van der Waals surface area (Å²) in [5.74, 6) is 2.43. The Morgan fingerprint density at radius 2 is 2.14 bits per heavy atom.